The number of carbonyl (C=O) groups is 1. The Morgan fingerprint density at radius 3 is 2.64 bits per heavy atom. The highest BCUT2D eigenvalue weighted by atomic mass is 32.1. The molecule has 0 saturated carbocycles. The highest BCUT2D eigenvalue weighted by molar-refractivity contribution is 7.18. The lowest BCUT2D eigenvalue weighted by atomic mass is 10.2. The van der Waals surface area contributed by atoms with Crippen LogP contribution in [-0.4, -0.2) is 69.1 Å². The van der Waals surface area contributed by atoms with Crippen LogP contribution in [-0.2, 0) is 4.74 Å². The number of aryl methyl sites for hydroxylation is 1. The predicted molar refractivity (Wildman–Crippen MR) is 141 cm³/mol. The first kappa shape index (κ1) is 27.3. The van der Waals surface area contributed by atoms with Crippen molar-refractivity contribution in [3.05, 3.63) is 48.4 Å². The van der Waals surface area contributed by atoms with Crippen LogP contribution in [0.15, 0.2) is 42.6 Å². The van der Waals surface area contributed by atoms with E-state index in [1.807, 2.05) is 36.5 Å². The average molecular weight is 515 g/mol. The standard InChI is InChI=1S/C25H34N6O4S/c1-16(31(6)24(33)35-25(3,4)5)22(32)26-12-13-34-21-14-20(28-17(2)29-21)30-23-27-15-19(36-23)18-10-8-7-9-11-18/h7-11,14-16,22,26,32H,12-13H2,1-6H3,(H,27,28,29,30)/t16-,22?/m0/s1. The van der Waals surface area contributed by atoms with E-state index in [0.717, 1.165) is 10.4 Å². The minimum atomic E-state index is -0.959. The Morgan fingerprint density at radius 1 is 1.22 bits per heavy atom. The lowest BCUT2D eigenvalue weighted by Crippen LogP contribution is -2.50. The Hall–Kier alpha value is -3.28. The van der Waals surface area contributed by atoms with Gasteiger partial charge in [-0.3, -0.25) is 5.32 Å². The molecular weight excluding hydrogens is 480 g/mol. The molecule has 0 saturated heterocycles. The zero-order chi connectivity index (χ0) is 26.3. The number of aliphatic hydroxyl groups excluding tert-OH is 1. The second-order valence-electron chi connectivity index (χ2n) is 9.24. The largest absolute Gasteiger partial charge is 0.476 e. The first-order valence-electron chi connectivity index (χ1n) is 11.7. The third kappa shape index (κ3) is 8.14. The summed E-state index contributed by atoms with van der Waals surface area (Å²) in [6, 6.07) is 11.2. The topological polar surface area (TPSA) is 122 Å². The van der Waals surface area contributed by atoms with Crippen molar-refractivity contribution < 1.29 is 19.4 Å². The number of amides is 1. The molecule has 1 aromatic carbocycles. The van der Waals surface area contributed by atoms with Crippen LogP contribution in [0.4, 0.5) is 15.7 Å². The average Bonchev–Trinajstić information content (AvgIpc) is 3.28. The molecule has 0 aliphatic heterocycles. The van der Waals surface area contributed by atoms with Crippen molar-refractivity contribution >= 4 is 28.4 Å². The number of hydrogen-bond acceptors (Lipinski definition) is 10. The van der Waals surface area contributed by atoms with Gasteiger partial charge in [0.25, 0.3) is 0 Å². The van der Waals surface area contributed by atoms with E-state index in [1.165, 1.54) is 16.2 Å². The van der Waals surface area contributed by atoms with Gasteiger partial charge in [0.1, 0.15) is 30.1 Å². The van der Waals surface area contributed by atoms with Gasteiger partial charge in [-0.25, -0.2) is 14.8 Å². The zero-order valence-corrected chi connectivity index (χ0v) is 22.3. The smallest absolute Gasteiger partial charge is 0.410 e. The second-order valence-corrected chi connectivity index (χ2v) is 10.3. The number of aliphatic hydroxyl groups is 1. The Labute approximate surface area is 215 Å². The van der Waals surface area contributed by atoms with Crippen LogP contribution in [0.5, 0.6) is 5.88 Å². The maximum Gasteiger partial charge on any atom is 0.410 e. The van der Waals surface area contributed by atoms with Crippen LogP contribution in [0.3, 0.4) is 0 Å². The number of thiazole rings is 1. The molecular formula is C25H34N6O4S. The van der Waals surface area contributed by atoms with Crippen molar-refractivity contribution in [2.45, 2.75) is 52.5 Å². The first-order valence-corrected chi connectivity index (χ1v) is 12.5. The Balaban J connectivity index is 1.49. The molecule has 0 spiro atoms. The summed E-state index contributed by atoms with van der Waals surface area (Å²) in [6.45, 7) is 9.50. The number of benzene rings is 1. The van der Waals surface area contributed by atoms with Gasteiger partial charge in [0.2, 0.25) is 5.88 Å². The number of hydrogen-bond donors (Lipinski definition) is 3. The molecule has 0 radical (unpaired) electrons. The number of carbonyl (C=O) groups excluding carboxylic acids is 1. The van der Waals surface area contributed by atoms with Crippen molar-refractivity contribution in [1.82, 2.24) is 25.2 Å². The fourth-order valence-electron chi connectivity index (χ4n) is 3.10. The van der Waals surface area contributed by atoms with Gasteiger partial charge in [-0.15, -0.1) is 0 Å². The fraction of sp³-hybridized carbons (Fsp3) is 0.440. The molecule has 2 heterocycles. The molecule has 1 unspecified atom stereocenters. The van der Waals surface area contributed by atoms with Gasteiger partial charge in [-0.2, -0.15) is 4.98 Å². The zero-order valence-electron chi connectivity index (χ0n) is 21.5. The summed E-state index contributed by atoms with van der Waals surface area (Å²) in [6.07, 6.45) is 0.366. The summed E-state index contributed by atoms with van der Waals surface area (Å²) >= 11 is 1.53. The predicted octanol–water partition coefficient (Wildman–Crippen LogP) is 4.19. The normalized spacial score (nSPS) is 13.1. The van der Waals surface area contributed by atoms with E-state index in [4.69, 9.17) is 9.47 Å². The van der Waals surface area contributed by atoms with Crippen molar-refractivity contribution in [2.24, 2.45) is 0 Å². The van der Waals surface area contributed by atoms with E-state index >= 15 is 0 Å². The lowest BCUT2D eigenvalue weighted by molar-refractivity contribution is -0.00165. The number of rotatable bonds is 10. The van der Waals surface area contributed by atoms with Gasteiger partial charge in [0, 0.05) is 25.9 Å². The second kappa shape index (κ2) is 12.1. The molecule has 10 nitrogen and oxygen atoms in total. The molecule has 194 valence electrons. The quantitative estimate of drug-likeness (QED) is 0.270. The van der Waals surface area contributed by atoms with Gasteiger partial charge >= 0.3 is 6.09 Å². The van der Waals surface area contributed by atoms with Crippen molar-refractivity contribution in [3.8, 4) is 16.3 Å². The molecule has 2 atom stereocenters. The molecule has 0 aliphatic rings. The number of anilines is 2. The maximum atomic E-state index is 12.2. The molecule has 3 rings (SSSR count). The number of likely N-dealkylation sites (N-methyl/N-ethyl adjacent to an activating group) is 1. The number of nitrogens with zero attached hydrogens (tertiary/aromatic N) is 4. The van der Waals surface area contributed by atoms with E-state index in [-0.39, 0.29) is 6.61 Å². The summed E-state index contributed by atoms with van der Waals surface area (Å²) in [5.74, 6) is 1.53. The third-order valence-electron chi connectivity index (χ3n) is 5.07. The summed E-state index contributed by atoms with van der Waals surface area (Å²) in [7, 11) is 1.59. The SMILES string of the molecule is Cc1nc(Nc2ncc(-c3ccccc3)s2)cc(OCCNC(O)[C@H](C)N(C)C(=O)OC(C)(C)C)n1. The molecule has 1 amide bonds. The van der Waals surface area contributed by atoms with Crippen LogP contribution in [0.2, 0.25) is 0 Å². The monoisotopic (exact) mass is 514 g/mol. The molecule has 2 aromatic heterocycles. The fourth-order valence-corrected chi connectivity index (χ4v) is 3.93. The molecule has 11 heteroatoms. The van der Waals surface area contributed by atoms with E-state index in [9.17, 15) is 9.90 Å². The van der Waals surface area contributed by atoms with Crippen LogP contribution in [0, 0.1) is 6.92 Å². The number of nitrogens with one attached hydrogen (secondary N) is 2. The highest BCUT2D eigenvalue weighted by Crippen LogP contribution is 2.30. The molecule has 3 aromatic rings. The van der Waals surface area contributed by atoms with E-state index in [0.29, 0.717) is 29.2 Å². The van der Waals surface area contributed by atoms with Gasteiger partial charge in [-0.1, -0.05) is 41.7 Å². The van der Waals surface area contributed by atoms with Gasteiger partial charge in [0.05, 0.1) is 10.9 Å². The number of aromatic nitrogens is 3. The first-order chi connectivity index (χ1) is 17.0. The molecule has 0 fully saturated rings. The van der Waals surface area contributed by atoms with Crippen LogP contribution >= 0.6 is 11.3 Å². The third-order valence-corrected chi connectivity index (χ3v) is 6.03. The Bertz CT molecular complexity index is 1140. The molecule has 0 aliphatic carbocycles. The minimum absolute atomic E-state index is 0.255. The van der Waals surface area contributed by atoms with Crippen LogP contribution < -0.4 is 15.4 Å². The van der Waals surface area contributed by atoms with Crippen molar-refractivity contribution in [2.75, 3.05) is 25.5 Å². The van der Waals surface area contributed by atoms with E-state index < -0.39 is 24.0 Å². The number of ether oxygens (including phenoxy) is 2. The van der Waals surface area contributed by atoms with Crippen LogP contribution in [0.25, 0.3) is 10.4 Å². The van der Waals surface area contributed by atoms with Gasteiger partial charge in [-0.05, 0) is 40.2 Å². The maximum absolute atomic E-state index is 12.2. The summed E-state index contributed by atoms with van der Waals surface area (Å²) in [4.78, 5) is 27.8. The van der Waals surface area contributed by atoms with Gasteiger partial charge < -0.3 is 24.8 Å². The van der Waals surface area contributed by atoms with Crippen molar-refractivity contribution in [1.29, 1.82) is 0 Å². The minimum Gasteiger partial charge on any atom is -0.476 e. The molecule has 3 N–H and O–H groups in total. The highest BCUT2D eigenvalue weighted by Gasteiger charge is 2.26. The summed E-state index contributed by atoms with van der Waals surface area (Å²) in [5, 5.41) is 17.3. The van der Waals surface area contributed by atoms with Crippen molar-refractivity contribution in [3.63, 3.8) is 0 Å². The Kier molecular flexibility index (Phi) is 9.19. The van der Waals surface area contributed by atoms with E-state index in [1.54, 1.807) is 47.7 Å². The molecule has 0 bridgehead atoms. The Morgan fingerprint density at radius 2 is 1.94 bits per heavy atom. The van der Waals surface area contributed by atoms with Crippen LogP contribution in [0.1, 0.15) is 33.5 Å². The summed E-state index contributed by atoms with van der Waals surface area (Å²) in [5.41, 5.74) is 0.497. The molecule has 36 heavy (non-hydrogen) atoms. The summed E-state index contributed by atoms with van der Waals surface area (Å²) < 4.78 is 11.1. The van der Waals surface area contributed by atoms with E-state index in [2.05, 4.69) is 25.6 Å². The van der Waals surface area contributed by atoms with Gasteiger partial charge in [0.15, 0.2) is 5.13 Å². The lowest BCUT2D eigenvalue weighted by Gasteiger charge is -2.31.